The van der Waals surface area contributed by atoms with Gasteiger partial charge in [-0.2, -0.15) is 0 Å². The maximum absolute atomic E-state index is 10.2. The van der Waals surface area contributed by atoms with Crippen molar-refractivity contribution in [1.29, 1.82) is 0 Å². The lowest BCUT2D eigenvalue weighted by molar-refractivity contribution is -0.120. The predicted molar refractivity (Wildman–Crippen MR) is 71.3 cm³/mol. The van der Waals surface area contributed by atoms with Crippen molar-refractivity contribution in [3.05, 3.63) is 35.7 Å². The second-order valence-electron chi connectivity index (χ2n) is 2.95. The molecule has 0 spiro atoms. The van der Waals surface area contributed by atoms with Gasteiger partial charge >= 0.3 is 0 Å². The standard InChI is InChI=1S/C11H8O2S3/c12-7-13-8-5-11(15-6-8)9-3-1-2-4-10(9)16-14/h1-7,14H. The van der Waals surface area contributed by atoms with Crippen molar-refractivity contribution in [2.45, 2.75) is 4.90 Å². The van der Waals surface area contributed by atoms with Gasteiger partial charge in [0, 0.05) is 20.7 Å². The molecule has 0 aliphatic rings. The van der Waals surface area contributed by atoms with Crippen molar-refractivity contribution in [3.8, 4) is 16.2 Å². The summed E-state index contributed by atoms with van der Waals surface area (Å²) in [6, 6.07) is 9.82. The quantitative estimate of drug-likeness (QED) is 0.517. The van der Waals surface area contributed by atoms with Crippen LogP contribution in [0.25, 0.3) is 10.4 Å². The fourth-order valence-corrected chi connectivity index (χ4v) is 3.14. The van der Waals surface area contributed by atoms with Crippen molar-refractivity contribution in [2.75, 3.05) is 0 Å². The third kappa shape index (κ3) is 2.42. The molecular weight excluding hydrogens is 260 g/mol. The van der Waals surface area contributed by atoms with Gasteiger partial charge in [0.1, 0.15) is 5.75 Å². The lowest BCUT2D eigenvalue weighted by atomic mass is 10.2. The van der Waals surface area contributed by atoms with E-state index in [1.807, 2.05) is 35.7 Å². The molecule has 16 heavy (non-hydrogen) atoms. The first-order chi connectivity index (χ1) is 7.85. The zero-order chi connectivity index (χ0) is 11.4. The van der Waals surface area contributed by atoms with E-state index in [1.165, 1.54) is 10.8 Å². The van der Waals surface area contributed by atoms with Crippen LogP contribution < -0.4 is 4.74 Å². The second-order valence-corrected chi connectivity index (χ2v) is 5.03. The van der Waals surface area contributed by atoms with E-state index < -0.39 is 0 Å². The number of hydrogen-bond donors (Lipinski definition) is 1. The summed E-state index contributed by atoms with van der Waals surface area (Å²) in [4.78, 5) is 12.4. The number of benzene rings is 1. The summed E-state index contributed by atoms with van der Waals surface area (Å²) < 4.78 is 4.79. The number of thiol groups is 1. The highest BCUT2D eigenvalue weighted by molar-refractivity contribution is 8.68. The lowest BCUT2D eigenvalue weighted by Crippen LogP contribution is -1.84. The Hall–Kier alpha value is -0.910. The highest BCUT2D eigenvalue weighted by Gasteiger charge is 2.07. The van der Waals surface area contributed by atoms with Gasteiger partial charge < -0.3 is 4.74 Å². The first-order valence-electron chi connectivity index (χ1n) is 4.45. The van der Waals surface area contributed by atoms with Crippen LogP contribution in [0, 0.1) is 0 Å². The molecule has 82 valence electrons. The van der Waals surface area contributed by atoms with E-state index in [0.29, 0.717) is 12.2 Å². The minimum absolute atomic E-state index is 0.436. The number of rotatable bonds is 4. The van der Waals surface area contributed by atoms with Crippen molar-refractivity contribution in [3.63, 3.8) is 0 Å². The molecule has 0 radical (unpaired) electrons. The molecular formula is C11H8O2S3. The number of thiophene rings is 1. The number of carbonyl (C=O) groups is 1. The highest BCUT2D eigenvalue weighted by Crippen LogP contribution is 2.37. The van der Waals surface area contributed by atoms with Crippen LogP contribution >= 0.6 is 33.8 Å². The zero-order valence-corrected chi connectivity index (χ0v) is 10.6. The summed E-state index contributed by atoms with van der Waals surface area (Å²) in [5, 5.41) is 1.81. The van der Waals surface area contributed by atoms with Crippen LogP contribution in [0.2, 0.25) is 0 Å². The molecule has 2 nitrogen and oxygen atoms in total. The lowest BCUT2D eigenvalue weighted by Gasteiger charge is -2.02. The molecule has 2 aromatic rings. The van der Waals surface area contributed by atoms with Gasteiger partial charge in [-0.05, 0) is 12.1 Å². The van der Waals surface area contributed by atoms with Crippen LogP contribution in [-0.2, 0) is 4.79 Å². The largest absolute Gasteiger partial charge is 0.428 e. The topological polar surface area (TPSA) is 26.3 Å². The van der Waals surface area contributed by atoms with E-state index >= 15 is 0 Å². The van der Waals surface area contributed by atoms with Crippen LogP contribution in [0.5, 0.6) is 5.75 Å². The van der Waals surface area contributed by atoms with Gasteiger partial charge in [0.2, 0.25) is 0 Å². The minimum atomic E-state index is 0.436. The Morgan fingerprint density at radius 2 is 2.19 bits per heavy atom. The molecule has 0 saturated heterocycles. The second kappa shape index (κ2) is 5.43. The van der Waals surface area contributed by atoms with Gasteiger partial charge in [-0.25, -0.2) is 0 Å². The van der Waals surface area contributed by atoms with Crippen LogP contribution in [0.15, 0.2) is 40.6 Å². The maximum Gasteiger partial charge on any atom is 0.298 e. The van der Waals surface area contributed by atoms with Crippen LogP contribution in [0.1, 0.15) is 0 Å². The summed E-state index contributed by atoms with van der Waals surface area (Å²) in [5.41, 5.74) is 1.10. The van der Waals surface area contributed by atoms with E-state index in [0.717, 1.165) is 15.3 Å². The van der Waals surface area contributed by atoms with Gasteiger partial charge in [-0.1, -0.05) is 29.0 Å². The summed E-state index contributed by atoms with van der Waals surface area (Å²) in [5.74, 6) is 0.578. The number of hydrogen-bond acceptors (Lipinski definition) is 5. The maximum atomic E-state index is 10.2. The SMILES string of the molecule is O=COc1csc(-c2ccccc2SS)c1. The molecule has 0 aliphatic heterocycles. The van der Waals surface area contributed by atoms with Crippen molar-refractivity contribution in [2.24, 2.45) is 0 Å². The molecule has 1 aromatic carbocycles. The first kappa shape index (κ1) is 11.6. The van der Waals surface area contributed by atoms with E-state index in [9.17, 15) is 4.79 Å². The minimum Gasteiger partial charge on any atom is -0.428 e. The number of carbonyl (C=O) groups excluding carboxylic acids is 1. The van der Waals surface area contributed by atoms with Crippen LogP contribution in [0.4, 0.5) is 0 Å². The van der Waals surface area contributed by atoms with Crippen molar-refractivity contribution < 1.29 is 9.53 Å². The molecule has 0 bridgehead atoms. The van der Waals surface area contributed by atoms with Gasteiger partial charge in [-0.3, -0.25) is 4.79 Å². The van der Waals surface area contributed by atoms with Gasteiger partial charge in [-0.15, -0.1) is 23.0 Å². The Balaban J connectivity index is 2.38. The molecule has 0 saturated carbocycles. The van der Waals surface area contributed by atoms with Crippen molar-refractivity contribution >= 4 is 40.3 Å². The van der Waals surface area contributed by atoms with Crippen LogP contribution in [-0.4, -0.2) is 6.47 Å². The molecule has 0 amide bonds. The van der Waals surface area contributed by atoms with Gasteiger partial charge in [0.15, 0.2) is 0 Å². The third-order valence-corrected chi connectivity index (χ3v) is 4.10. The molecule has 0 unspecified atom stereocenters. The first-order valence-corrected chi connectivity index (χ1v) is 7.19. The molecule has 2 rings (SSSR count). The molecule has 5 heteroatoms. The predicted octanol–water partition coefficient (Wildman–Crippen LogP) is 3.89. The molecule has 0 N–H and O–H groups in total. The Bertz CT molecular complexity index is 493. The van der Waals surface area contributed by atoms with E-state index in [4.69, 9.17) is 4.74 Å². The van der Waals surface area contributed by atoms with E-state index in [1.54, 1.807) is 11.3 Å². The number of ether oxygens (including phenoxy) is 1. The van der Waals surface area contributed by atoms with E-state index in [2.05, 4.69) is 11.7 Å². The summed E-state index contributed by atoms with van der Waals surface area (Å²) >= 11 is 5.75. The average molecular weight is 268 g/mol. The molecule has 1 aromatic heterocycles. The summed E-state index contributed by atoms with van der Waals surface area (Å²) in [6.45, 7) is 0.436. The van der Waals surface area contributed by atoms with Gasteiger partial charge in [0.25, 0.3) is 6.47 Å². The fourth-order valence-electron chi connectivity index (χ4n) is 1.33. The molecule has 0 atom stereocenters. The Kier molecular flexibility index (Phi) is 3.93. The Morgan fingerprint density at radius 3 is 2.94 bits per heavy atom. The monoisotopic (exact) mass is 268 g/mol. The van der Waals surface area contributed by atoms with Gasteiger partial charge in [0.05, 0.1) is 0 Å². The molecule has 0 fully saturated rings. The molecule has 0 aliphatic carbocycles. The van der Waals surface area contributed by atoms with E-state index in [-0.39, 0.29) is 0 Å². The Morgan fingerprint density at radius 1 is 1.38 bits per heavy atom. The zero-order valence-electron chi connectivity index (χ0n) is 8.12. The van der Waals surface area contributed by atoms with Crippen LogP contribution in [0.3, 0.4) is 0 Å². The summed E-state index contributed by atoms with van der Waals surface area (Å²) in [7, 11) is 1.40. The van der Waals surface area contributed by atoms with Crippen molar-refractivity contribution in [1.82, 2.24) is 0 Å². The highest BCUT2D eigenvalue weighted by atomic mass is 33.1. The average Bonchev–Trinajstić information content (AvgIpc) is 2.78. The fraction of sp³-hybridized carbons (Fsp3) is 0. The molecule has 1 heterocycles. The smallest absolute Gasteiger partial charge is 0.298 e. The Labute approximate surface area is 106 Å². The normalized spacial score (nSPS) is 10.1. The summed E-state index contributed by atoms with van der Waals surface area (Å²) in [6.07, 6.45) is 0. The third-order valence-electron chi connectivity index (χ3n) is 2.01.